The summed E-state index contributed by atoms with van der Waals surface area (Å²) in [4.78, 5) is 27.5. The number of ether oxygens (including phenoxy) is 3. The smallest absolute Gasteiger partial charge is 0.507 e. The number of carbonyl (C=O) groups is 2. The molecule has 0 aliphatic carbocycles. The van der Waals surface area contributed by atoms with E-state index >= 15 is 0 Å². The quantitative estimate of drug-likeness (QED) is 0.242. The number of aliphatic hydroxyl groups is 1. The van der Waals surface area contributed by atoms with Crippen LogP contribution in [0.4, 0.5) is 18.9 Å². The maximum Gasteiger partial charge on any atom is 0.573 e. The first kappa shape index (κ1) is 25.9. The number of benzene rings is 3. The molecule has 1 saturated heterocycles. The number of rotatable bonds is 6. The van der Waals surface area contributed by atoms with Crippen LogP contribution in [0.2, 0.25) is 5.02 Å². The summed E-state index contributed by atoms with van der Waals surface area (Å²) in [5.41, 5.74) is 0.490. The molecule has 11 heteroatoms. The van der Waals surface area contributed by atoms with Gasteiger partial charge in [-0.3, -0.25) is 14.5 Å². The van der Waals surface area contributed by atoms with E-state index in [1.807, 2.05) is 0 Å². The number of Topliss-reactive ketones (excluding diaryl/α,β-unsaturated/α-hetero) is 1. The molecule has 3 aromatic carbocycles. The zero-order chi connectivity index (χ0) is 26.9. The molecule has 0 bridgehead atoms. The molecule has 7 nitrogen and oxygen atoms in total. The normalized spacial score (nSPS) is 17.1. The molecular formula is C26H19ClF3NO6. The van der Waals surface area contributed by atoms with Crippen molar-refractivity contribution in [3.8, 4) is 17.2 Å². The van der Waals surface area contributed by atoms with Gasteiger partial charge in [-0.05, 0) is 60.2 Å². The van der Waals surface area contributed by atoms with E-state index in [0.717, 1.165) is 17.0 Å². The van der Waals surface area contributed by atoms with Gasteiger partial charge in [-0.1, -0.05) is 23.7 Å². The highest BCUT2D eigenvalue weighted by atomic mass is 35.5. The Bertz CT molecular complexity index is 1370. The van der Waals surface area contributed by atoms with Gasteiger partial charge in [-0.15, -0.1) is 13.2 Å². The molecule has 1 aliphatic rings. The molecule has 0 spiro atoms. The third-order valence-corrected chi connectivity index (χ3v) is 5.95. The first-order valence-electron chi connectivity index (χ1n) is 10.7. The third kappa shape index (κ3) is 5.19. The van der Waals surface area contributed by atoms with E-state index in [1.165, 1.54) is 44.6 Å². The van der Waals surface area contributed by atoms with E-state index in [1.54, 1.807) is 24.3 Å². The zero-order valence-corrected chi connectivity index (χ0v) is 20.1. The fourth-order valence-corrected chi connectivity index (χ4v) is 4.24. The van der Waals surface area contributed by atoms with Crippen molar-refractivity contribution in [2.45, 2.75) is 12.4 Å². The number of nitrogens with zero attached hydrogens (tertiary/aromatic N) is 1. The Balaban J connectivity index is 1.86. The first-order chi connectivity index (χ1) is 17.5. The van der Waals surface area contributed by atoms with Crippen LogP contribution in [0, 0.1) is 0 Å². The summed E-state index contributed by atoms with van der Waals surface area (Å²) in [6.07, 6.45) is -4.89. The minimum Gasteiger partial charge on any atom is -0.507 e. The number of hydrogen-bond acceptors (Lipinski definition) is 6. The van der Waals surface area contributed by atoms with Crippen molar-refractivity contribution < 1.29 is 42.1 Å². The van der Waals surface area contributed by atoms with Crippen LogP contribution in [0.15, 0.2) is 72.3 Å². The number of carbonyl (C=O) groups excluding carboxylic acids is 2. The Morgan fingerprint density at radius 3 is 2.08 bits per heavy atom. The molecule has 1 unspecified atom stereocenters. The molecule has 1 N–H and O–H groups in total. The van der Waals surface area contributed by atoms with Crippen molar-refractivity contribution >= 4 is 34.7 Å². The van der Waals surface area contributed by atoms with Gasteiger partial charge in [-0.2, -0.15) is 0 Å². The summed E-state index contributed by atoms with van der Waals surface area (Å²) < 4.78 is 51.9. The fourth-order valence-electron chi connectivity index (χ4n) is 3.98. The number of alkyl halides is 3. The molecule has 37 heavy (non-hydrogen) atoms. The van der Waals surface area contributed by atoms with Crippen molar-refractivity contribution in [1.82, 2.24) is 0 Å². The highest BCUT2D eigenvalue weighted by Crippen LogP contribution is 2.43. The molecule has 1 fully saturated rings. The average Bonchev–Trinajstić information content (AvgIpc) is 3.13. The molecule has 0 aromatic heterocycles. The summed E-state index contributed by atoms with van der Waals surface area (Å²) in [6, 6.07) is 14.2. The Kier molecular flexibility index (Phi) is 7.04. The van der Waals surface area contributed by atoms with Crippen LogP contribution in [0.3, 0.4) is 0 Å². The van der Waals surface area contributed by atoms with E-state index in [2.05, 4.69) is 4.74 Å². The Labute approximate surface area is 214 Å². The standard InChI is InChI=1S/C26H19ClF3NO6/c1-35-17-8-3-14(4-9-17)22-21(23(32)15-5-12-20(36-2)19(27)13-15)24(33)25(34)31(22)16-6-10-18(11-7-16)37-26(28,29)30/h3-13,22,32H,1-2H3/b23-21-. The number of methoxy groups -OCH3 is 2. The van der Waals surface area contributed by atoms with Crippen molar-refractivity contribution in [3.05, 3.63) is 88.5 Å². The lowest BCUT2D eigenvalue weighted by Crippen LogP contribution is -2.29. The zero-order valence-electron chi connectivity index (χ0n) is 19.4. The highest BCUT2D eigenvalue weighted by Gasteiger charge is 2.47. The van der Waals surface area contributed by atoms with Gasteiger partial charge < -0.3 is 19.3 Å². The minimum absolute atomic E-state index is 0.115. The summed E-state index contributed by atoms with van der Waals surface area (Å²) in [7, 11) is 2.89. The first-order valence-corrected chi connectivity index (χ1v) is 11.1. The van der Waals surface area contributed by atoms with Crippen LogP contribution >= 0.6 is 11.6 Å². The van der Waals surface area contributed by atoms with E-state index in [0.29, 0.717) is 17.1 Å². The lowest BCUT2D eigenvalue weighted by atomic mass is 9.95. The molecule has 1 heterocycles. The predicted octanol–water partition coefficient (Wildman–Crippen LogP) is 5.88. The molecule has 1 amide bonds. The van der Waals surface area contributed by atoms with E-state index in [-0.39, 0.29) is 21.8 Å². The molecular weight excluding hydrogens is 515 g/mol. The van der Waals surface area contributed by atoms with Gasteiger partial charge in [0.05, 0.1) is 30.9 Å². The fraction of sp³-hybridized carbons (Fsp3) is 0.154. The second-order valence-corrected chi connectivity index (χ2v) is 8.24. The van der Waals surface area contributed by atoms with Gasteiger partial charge in [0.15, 0.2) is 0 Å². The highest BCUT2D eigenvalue weighted by molar-refractivity contribution is 6.51. The van der Waals surface area contributed by atoms with Crippen LogP contribution in [-0.4, -0.2) is 37.4 Å². The summed E-state index contributed by atoms with van der Waals surface area (Å²) in [5, 5.41) is 11.3. The van der Waals surface area contributed by atoms with Crippen LogP contribution in [0.25, 0.3) is 5.76 Å². The van der Waals surface area contributed by atoms with E-state index < -0.39 is 35.6 Å². The van der Waals surface area contributed by atoms with Crippen LogP contribution in [0.5, 0.6) is 17.2 Å². The molecule has 0 radical (unpaired) electrons. The lowest BCUT2D eigenvalue weighted by Gasteiger charge is -2.26. The molecule has 192 valence electrons. The van der Waals surface area contributed by atoms with Crippen LogP contribution in [0.1, 0.15) is 17.2 Å². The van der Waals surface area contributed by atoms with Crippen molar-refractivity contribution in [2.24, 2.45) is 0 Å². The number of hydrogen-bond donors (Lipinski definition) is 1. The van der Waals surface area contributed by atoms with Crippen molar-refractivity contribution in [2.75, 3.05) is 19.1 Å². The number of halogens is 4. The number of ketones is 1. The molecule has 4 rings (SSSR count). The molecule has 1 aliphatic heterocycles. The largest absolute Gasteiger partial charge is 0.573 e. The monoisotopic (exact) mass is 533 g/mol. The second-order valence-electron chi connectivity index (χ2n) is 7.83. The summed E-state index contributed by atoms with van der Waals surface area (Å²) in [6.45, 7) is 0. The van der Waals surface area contributed by atoms with Gasteiger partial charge in [0, 0.05) is 11.3 Å². The minimum atomic E-state index is -4.89. The molecule has 3 aromatic rings. The SMILES string of the molecule is COc1ccc(C2/C(=C(/O)c3ccc(OC)c(Cl)c3)C(=O)C(=O)N2c2ccc(OC(F)(F)F)cc2)cc1. The molecule has 1 atom stereocenters. The van der Waals surface area contributed by atoms with E-state index in [9.17, 15) is 27.9 Å². The number of amides is 1. The van der Waals surface area contributed by atoms with Gasteiger partial charge in [0.2, 0.25) is 0 Å². The van der Waals surface area contributed by atoms with Gasteiger partial charge in [0.25, 0.3) is 11.7 Å². The maximum atomic E-state index is 13.2. The Morgan fingerprint density at radius 2 is 1.54 bits per heavy atom. The number of anilines is 1. The second kappa shape index (κ2) is 10.1. The van der Waals surface area contributed by atoms with Crippen LogP contribution < -0.4 is 19.1 Å². The van der Waals surface area contributed by atoms with Gasteiger partial charge in [0.1, 0.15) is 23.0 Å². The van der Waals surface area contributed by atoms with Crippen LogP contribution in [-0.2, 0) is 9.59 Å². The topological polar surface area (TPSA) is 85.3 Å². The number of aliphatic hydroxyl groups excluding tert-OH is 1. The Hall–Kier alpha value is -4.18. The van der Waals surface area contributed by atoms with E-state index in [4.69, 9.17) is 21.1 Å². The van der Waals surface area contributed by atoms with Gasteiger partial charge in [-0.25, -0.2) is 0 Å². The average molecular weight is 534 g/mol. The lowest BCUT2D eigenvalue weighted by molar-refractivity contribution is -0.274. The molecule has 0 saturated carbocycles. The van der Waals surface area contributed by atoms with Crippen molar-refractivity contribution in [1.29, 1.82) is 0 Å². The van der Waals surface area contributed by atoms with Crippen molar-refractivity contribution in [3.63, 3.8) is 0 Å². The Morgan fingerprint density at radius 1 is 0.919 bits per heavy atom. The third-order valence-electron chi connectivity index (χ3n) is 5.65. The summed E-state index contributed by atoms with van der Waals surface area (Å²) >= 11 is 6.19. The van der Waals surface area contributed by atoms with Gasteiger partial charge >= 0.3 is 6.36 Å². The summed E-state index contributed by atoms with van der Waals surface area (Å²) in [5.74, 6) is -2.10. The predicted molar refractivity (Wildman–Crippen MR) is 129 cm³/mol. The maximum absolute atomic E-state index is 13.2.